The Hall–Kier alpha value is -4.98. The van der Waals surface area contributed by atoms with Gasteiger partial charge in [-0.15, -0.1) is 0 Å². The fraction of sp³-hybridized carbons (Fsp3) is 0.591. The van der Waals surface area contributed by atoms with Crippen molar-refractivity contribution in [2.75, 3.05) is 49.8 Å². The number of aliphatic hydroxyl groups is 6. The number of aromatic hydroxyl groups is 2. The molecule has 2 aromatic carbocycles. The van der Waals surface area contributed by atoms with Gasteiger partial charge in [-0.1, -0.05) is 59.6 Å². The summed E-state index contributed by atoms with van der Waals surface area (Å²) in [6.45, 7) is 7.01. The van der Waals surface area contributed by atoms with E-state index in [4.69, 9.17) is 55.2 Å². The third-order valence-electron chi connectivity index (χ3n) is 9.62. The van der Waals surface area contributed by atoms with Gasteiger partial charge in [0, 0.05) is 24.2 Å². The number of halogens is 2. The van der Waals surface area contributed by atoms with Gasteiger partial charge in [-0.25, -0.2) is 9.59 Å². The molecule has 2 heterocycles. The summed E-state index contributed by atoms with van der Waals surface area (Å²) in [4.78, 5) is 67.1. The van der Waals surface area contributed by atoms with Crippen LogP contribution in [0.25, 0.3) is 0 Å². The number of benzene rings is 2. The molecule has 2 fully saturated rings. The van der Waals surface area contributed by atoms with E-state index in [-0.39, 0.29) is 80.1 Å². The van der Waals surface area contributed by atoms with Crippen molar-refractivity contribution < 1.29 is 119 Å². The van der Waals surface area contributed by atoms with Gasteiger partial charge in [0.15, 0.2) is 12.1 Å². The van der Waals surface area contributed by atoms with Gasteiger partial charge in [0.2, 0.25) is 19.4 Å². The van der Waals surface area contributed by atoms with Crippen molar-refractivity contribution in [2.45, 2.75) is 128 Å². The lowest BCUT2D eigenvalue weighted by Crippen LogP contribution is -2.94. The number of hydrogen-bond donors (Lipinski definition) is 14. The molecule has 4 unspecified atom stereocenters. The molecular formula is C44H72Br2N4O22+2. The van der Waals surface area contributed by atoms with Crippen molar-refractivity contribution in [3.63, 3.8) is 0 Å². The monoisotopic (exact) mass is 1170 g/mol. The summed E-state index contributed by atoms with van der Waals surface area (Å²) in [5.74, 6) is -6.05. The highest BCUT2D eigenvalue weighted by atomic mass is 79.9. The Kier molecular flexibility index (Phi) is 37.1. The zero-order chi connectivity index (χ0) is 55.7. The van der Waals surface area contributed by atoms with E-state index in [0.717, 1.165) is 4.24 Å². The number of aromatic carboxylic acids is 1. The molecule has 10 atom stereocenters. The summed E-state index contributed by atoms with van der Waals surface area (Å²) in [6, 6.07) is 6.28. The number of alkyl halides is 2. The highest BCUT2D eigenvalue weighted by Crippen LogP contribution is 2.23. The van der Waals surface area contributed by atoms with Crippen molar-refractivity contribution in [1.82, 2.24) is 0 Å². The summed E-state index contributed by atoms with van der Waals surface area (Å²) < 4.78 is 30.5. The first-order chi connectivity index (χ1) is 34.0. The van der Waals surface area contributed by atoms with E-state index >= 15 is 0 Å². The maximum absolute atomic E-state index is 11.8. The number of anilines is 2. The third kappa shape index (κ3) is 26.1. The van der Waals surface area contributed by atoms with Gasteiger partial charge in [-0.2, -0.15) is 0 Å². The van der Waals surface area contributed by atoms with Crippen molar-refractivity contribution in [2.24, 2.45) is 0 Å². The molecule has 2 aliphatic heterocycles. The van der Waals surface area contributed by atoms with E-state index in [9.17, 15) is 64.5 Å². The molecular weight excluding hydrogens is 1100 g/mol. The Labute approximate surface area is 432 Å². The van der Waals surface area contributed by atoms with E-state index in [1.807, 2.05) is 27.7 Å². The van der Waals surface area contributed by atoms with E-state index in [2.05, 4.69) is 31.9 Å². The summed E-state index contributed by atoms with van der Waals surface area (Å²) in [6.07, 6.45) is -10.2. The topological polar surface area (TPSA) is 445 Å². The third-order valence-corrected chi connectivity index (χ3v) is 9.62. The molecule has 26 nitrogen and oxygen atoms in total. The first-order valence-corrected chi connectivity index (χ1v) is 24.6. The Morgan fingerprint density at radius 3 is 1.31 bits per heavy atom. The largest absolute Gasteiger partial charge is 0.507 e. The number of nitrogen functional groups attached to an aromatic ring is 2. The zero-order valence-corrected chi connectivity index (χ0v) is 43.9. The first kappa shape index (κ1) is 69.1. The van der Waals surface area contributed by atoms with Crippen LogP contribution < -0.4 is 22.1 Å². The predicted octanol–water partition coefficient (Wildman–Crippen LogP) is -1.41. The van der Waals surface area contributed by atoms with Crippen LogP contribution in [0.2, 0.25) is 0 Å². The minimum absolute atomic E-state index is 0.0225. The lowest BCUT2D eigenvalue weighted by Gasteiger charge is -2.38. The maximum atomic E-state index is 11.8. The average Bonchev–Trinajstić information content (AvgIpc) is 3.34. The number of aliphatic carboxylic acids is 1. The van der Waals surface area contributed by atoms with Gasteiger partial charge >= 0.3 is 35.8 Å². The Morgan fingerprint density at radius 2 is 0.944 bits per heavy atom. The minimum Gasteiger partial charge on any atom is -0.507 e. The number of phenols is 2. The molecule has 4 rings (SSSR count). The van der Waals surface area contributed by atoms with Crippen molar-refractivity contribution in [3.8, 4) is 11.5 Å². The first-order valence-electron chi connectivity index (χ1n) is 22.4. The molecule has 0 spiro atoms. The van der Waals surface area contributed by atoms with Gasteiger partial charge in [0.25, 0.3) is 0 Å². The molecule has 72 heavy (non-hydrogen) atoms. The number of aliphatic hydroxyl groups excluding tert-OH is 6. The van der Waals surface area contributed by atoms with Crippen molar-refractivity contribution in [1.29, 1.82) is 0 Å². The summed E-state index contributed by atoms with van der Waals surface area (Å²) in [5, 5.41) is 97.8. The SMILES string of the molecule is BrCBr.CC.CC.C[NH2+]C1[C@H](O)OC(CCOC(=O)CCC(=O)O)[C@@H](O)[C@H]1O.C[NH2+]C1[C@H](O)OC(CCOC(=O)CCC(=O)OCOC(=O)c2cc(N)ccc2O)[C@@H](O)[C@H]1O.Nc1ccc(O)c(C(=O)O)c1. The second-order valence-corrected chi connectivity index (χ2v) is 17.0. The van der Waals surface area contributed by atoms with Crippen LogP contribution in [0.4, 0.5) is 11.4 Å². The smallest absolute Gasteiger partial charge is 0.344 e. The number of likely N-dealkylation sites (N-methyl/N-ethyl adjacent to an activating group) is 2. The molecule has 0 saturated carbocycles. The molecule has 0 aromatic heterocycles. The summed E-state index contributed by atoms with van der Waals surface area (Å²) in [5.41, 5.74) is 11.0. The number of carboxylic acid groups (broad SMARTS) is 2. The number of carbonyl (C=O) groups is 6. The van der Waals surface area contributed by atoms with Gasteiger partial charge in [-0.3, -0.25) is 19.2 Å². The standard InChI is InChI=1S/C20H28N2O11.C12H21NO8.C7H7NO3.2C2H6.CH2Br2/c1-22-16-18(27)17(26)13(33-20(16)29)6-7-30-14(24)4-5-15(25)31-9-32-19(28)11-8-10(21)2-3-12(11)23;1-13-9-11(18)10(17)6(21-12(9)19)4-5-20-8(16)3-2-7(14)15;8-4-1-2-6(9)5(3-4)7(10)11;2*1-2;2-1-3/h2-3,8,13,16-18,20,22-23,26-27,29H,4-7,9,21H2,1H3;6,9-13,17-19H,2-5H2,1H3,(H,14,15);1-3,9H,8H2,(H,10,11);2*1-2H3;1H2/p+2/t13?,16?,17-,18+,20-;6?,9?,10-,11+,12-;;;;/m11..../s1. The van der Waals surface area contributed by atoms with E-state index < -0.39 is 104 Å². The van der Waals surface area contributed by atoms with Crippen LogP contribution in [0.15, 0.2) is 36.4 Å². The second kappa shape index (κ2) is 38.6. The van der Waals surface area contributed by atoms with Crippen LogP contribution in [0, 0.1) is 0 Å². The van der Waals surface area contributed by atoms with Crippen molar-refractivity contribution in [3.05, 3.63) is 47.5 Å². The number of quaternary nitrogens is 2. The molecule has 28 heteroatoms. The number of esters is 4. The molecule has 0 radical (unpaired) electrons. The van der Waals surface area contributed by atoms with Crippen LogP contribution in [-0.2, 0) is 47.6 Å². The van der Waals surface area contributed by atoms with E-state index in [0.29, 0.717) is 5.69 Å². The number of nitrogens with two attached hydrogens (primary N) is 4. The van der Waals surface area contributed by atoms with Gasteiger partial charge in [-0.05, 0) is 36.4 Å². The Balaban J connectivity index is 0. The second-order valence-electron chi connectivity index (χ2n) is 14.4. The average molecular weight is 1170 g/mol. The zero-order valence-electron chi connectivity index (χ0n) is 40.7. The number of carbonyl (C=O) groups excluding carboxylic acids is 4. The summed E-state index contributed by atoms with van der Waals surface area (Å²) in [7, 11) is 3.26. The fourth-order valence-corrected chi connectivity index (χ4v) is 6.01. The molecule has 0 amide bonds. The fourth-order valence-electron chi connectivity index (χ4n) is 6.01. The van der Waals surface area contributed by atoms with Crippen molar-refractivity contribution >= 4 is 79.1 Å². The maximum Gasteiger partial charge on any atom is 0.344 e. The lowest BCUT2D eigenvalue weighted by atomic mass is 9.95. The number of carboxylic acids is 2. The molecule has 2 aromatic rings. The van der Waals surface area contributed by atoms with Crippen LogP contribution in [0.5, 0.6) is 11.5 Å². The van der Waals surface area contributed by atoms with E-state index in [1.54, 1.807) is 19.4 Å². The quantitative estimate of drug-likeness (QED) is 0.0204. The van der Waals surface area contributed by atoms with E-state index in [1.165, 1.54) is 41.7 Å². The van der Waals surface area contributed by atoms with Crippen LogP contribution >= 0.6 is 31.9 Å². The number of hydrogen-bond acceptors (Lipinski definition) is 22. The van der Waals surface area contributed by atoms with Crippen LogP contribution in [0.1, 0.15) is 86.9 Å². The lowest BCUT2D eigenvalue weighted by molar-refractivity contribution is -0.694. The predicted molar refractivity (Wildman–Crippen MR) is 260 cm³/mol. The minimum atomic E-state index is -1.29. The highest BCUT2D eigenvalue weighted by molar-refractivity contribution is 9.24. The van der Waals surface area contributed by atoms with Gasteiger partial charge in [0.05, 0.1) is 69.4 Å². The Bertz CT molecular complexity index is 1920. The summed E-state index contributed by atoms with van der Waals surface area (Å²) >= 11 is 6.12. The molecule has 412 valence electrons. The molecule has 18 N–H and O–H groups in total. The number of rotatable bonds is 18. The molecule has 2 saturated heterocycles. The molecule has 0 bridgehead atoms. The molecule has 2 aliphatic rings. The number of phenolic OH excluding ortho intramolecular Hbond substituents is 1. The highest BCUT2D eigenvalue weighted by Gasteiger charge is 2.46. The van der Waals surface area contributed by atoms with Gasteiger partial charge in [0.1, 0.15) is 47.0 Å². The van der Waals surface area contributed by atoms with Crippen LogP contribution in [0.3, 0.4) is 0 Å². The normalized spacial score (nSPS) is 22.7. The number of ether oxygens (including phenoxy) is 6. The van der Waals surface area contributed by atoms with Gasteiger partial charge < -0.3 is 102 Å². The Morgan fingerprint density at radius 1 is 0.583 bits per heavy atom. The van der Waals surface area contributed by atoms with Crippen LogP contribution in [-0.4, -0.2) is 187 Å². The molecule has 0 aliphatic carbocycles.